The molecule has 0 unspecified atom stereocenters. The van der Waals surface area contributed by atoms with E-state index < -0.39 is 10.0 Å². The fourth-order valence-corrected chi connectivity index (χ4v) is 3.07. The number of nitrogens with one attached hydrogen (secondary N) is 1. The van der Waals surface area contributed by atoms with E-state index in [1.54, 1.807) is 6.07 Å². The van der Waals surface area contributed by atoms with E-state index in [-0.39, 0.29) is 17.3 Å². The molecule has 3 N–H and O–H groups in total. The van der Waals surface area contributed by atoms with Crippen LogP contribution in [0.3, 0.4) is 0 Å². The van der Waals surface area contributed by atoms with Gasteiger partial charge >= 0.3 is 0 Å². The minimum absolute atomic E-state index is 0.128. The van der Waals surface area contributed by atoms with Gasteiger partial charge in [-0.3, -0.25) is 0 Å². The first-order chi connectivity index (χ1) is 8.09. The van der Waals surface area contributed by atoms with Gasteiger partial charge in [0.05, 0.1) is 5.69 Å². The molecule has 2 aromatic rings. The Kier molecular flexibility index (Phi) is 3.41. The Morgan fingerprint density at radius 2 is 2.18 bits per heavy atom. The molecule has 5 nitrogen and oxygen atoms in total. The smallest absolute Gasteiger partial charge is 0.260 e. The Balaban J connectivity index is 2.17. The summed E-state index contributed by atoms with van der Waals surface area (Å²) in [7, 11) is -3.65. The van der Waals surface area contributed by atoms with Crippen LogP contribution < -0.4 is 10.5 Å². The molecule has 0 aromatic carbocycles. The SMILES string of the molecule is Nc1cccnc1S(=O)(=O)NCc1cccs1. The third-order valence-electron chi connectivity index (χ3n) is 2.07. The van der Waals surface area contributed by atoms with E-state index in [9.17, 15) is 8.42 Å². The van der Waals surface area contributed by atoms with Crippen LogP contribution in [-0.2, 0) is 16.6 Å². The van der Waals surface area contributed by atoms with Gasteiger partial charge in [-0.1, -0.05) is 6.07 Å². The van der Waals surface area contributed by atoms with Gasteiger partial charge in [0.1, 0.15) is 0 Å². The zero-order valence-electron chi connectivity index (χ0n) is 8.83. The van der Waals surface area contributed by atoms with E-state index in [0.717, 1.165) is 4.88 Å². The first-order valence-corrected chi connectivity index (χ1v) is 7.18. The number of thiophene rings is 1. The van der Waals surface area contributed by atoms with Gasteiger partial charge in [-0.05, 0) is 23.6 Å². The normalized spacial score (nSPS) is 11.5. The summed E-state index contributed by atoms with van der Waals surface area (Å²) in [5, 5.41) is 1.76. The van der Waals surface area contributed by atoms with Gasteiger partial charge < -0.3 is 5.73 Å². The number of nitrogen functional groups attached to an aromatic ring is 1. The molecular formula is C10H11N3O2S2. The Morgan fingerprint density at radius 1 is 1.35 bits per heavy atom. The van der Waals surface area contributed by atoms with Crippen LogP contribution in [0.5, 0.6) is 0 Å². The van der Waals surface area contributed by atoms with E-state index in [2.05, 4.69) is 9.71 Å². The highest BCUT2D eigenvalue weighted by atomic mass is 32.2. The van der Waals surface area contributed by atoms with Crippen molar-refractivity contribution in [1.29, 1.82) is 0 Å². The molecule has 0 saturated heterocycles. The number of nitrogens with two attached hydrogens (primary N) is 1. The fourth-order valence-electron chi connectivity index (χ4n) is 1.28. The van der Waals surface area contributed by atoms with Crippen LogP contribution in [0.25, 0.3) is 0 Å². The number of hydrogen-bond acceptors (Lipinski definition) is 5. The lowest BCUT2D eigenvalue weighted by atomic mass is 10.4. The first kappa shape index (κ1) is 12.0. The largest absolute Gasteiger partial charge is 0.396 e. The van der Waals surface area contributed by atoms with E-state index in [4.69, 9.17) is 5.73 Å². The summed E-state index contributed by atoms with van der Waals surface area (Å²) in [4.78, 5) is 4.71. The Morgan fingerprint density at radius 3 is 2.82 bits per heavy atom. The molecule has 0 atom stereocenters. The van der Waals surface area contributed by atoms with Crippen LogP contribution in [-0.4, -0.2) is 13.4 Å². The minimum atomic E-state index is -3.65. The van der Waals surface area contributed by atoms with E-state index in [1.165, 1.54) is 23.6 Å². The van der Waals surface area contributed by atoms with Crippen LogP contribution in [0.4, 0.5) is 5.69 Å². The van der Waals surface area contributed by atoms with Crippen molar-refractivity contribution in [3.63, 3.8) is 0 Å². The van der Waals surface area contributed by atoms with Crippen molar-refractivity contribution in [2.24, 2.45) is 0 Å². The van der Waals surface area contributed by atoms with Gasteiger partial charge in [0.15, 0.2) is 5.03 Å². The van der Waals surface area contributed by atoms with Crippen molar-refractivity contribution in [1.82, 2.24) is 9.71 Å². The van der Waals surface area contributed by atoms with Gasteiger partial charge in [-0.2, -0.15) is 0 Å². The molecule has 0 aliphatic carbocycles. The van der Waals surface area contributed by atoms with Gasteiger partial charge in [-0.25, -0.2) is 18.1 Å². The molecule has 0 radical (unpaired) electrons. The molecule has 2 heterocycles. The second-order valence-corrected chi connectivity index (χ2v) is 6.02. The van der Waals surface area contributed by atoms with Gasteiger partial charge in [0.25, 0.3) is 10.0 Å². The molecule has 17 heavy (non-hydrogen) atoms. The summed E-state index contributed by atoms with van der Waals surface area (Å²) >= 11 is 1.48. The summed E-state index contributed by atoms with van der Waals surface area (Å²) in [5.41, 5.74) is 5.72. The molecule has 2 rings (SSSR count). The van der Waals surface area contributed by atoms with Crippen LogP contribution in [0.1, 0.15) is 4.88 Å². The molecule has 90 valence electrons. The third kappa shape index (κ3) is 2.82. The second-order valence-electron chi connectivity index (χ2n) is 3.30. The van der Waals surface area contributed by atoms with Crippen molar-refractivity contribution >= 4 is 27.0 Å². The fraction of sp³-hybridized carbons (Fsp3) is 0.100. The second kappa shape index (κ2) is 4.82. The number of sulfonamides is 1. The molecule has 0 aliphatic rings. The average Bonchev–Trinajstić information content (AvgIpc) is 2.80. The summed E-state index contributed by atoms with van der Waals surface area (Å²) in [5.74, 6) is 0. The van der Waals surface area contributed by atoms with Gasteiger partial charge in [0.2, 0.25) is 0 Å². The minimum Gasteiger partial charge on any atom is -0.396 e. The summed E-state index contributed by atoms with van der Waals surface area (Å²) in [6, 6.07) is 6.82. The number of hydrogen-bond donors (Lipinski definition) is 2. The van der Waals surface area contributed by atoms with Crippen molar-refractivity contribution < 1.29 is 8.42 Å². The average molecular weight is 269 g/mol. The highest BCUT2D eigenvalue weighted by molar-refractivity contribution is 7.89. The van der Waals surface area contributed by atoms with Crippen molar-refractivity contribution in [3.05, 3.63) is 40.7 Å². The van der Waals surface area contributed by atoms with Crippen molar-refractivity contribution in [2.45, 2.75) is 11.6 Å². The lowest BCUT2D eigenvalue weighted by molar-refractivity contribution is 0.578. The molecule has 7 heteroatoms. The molecule has 0 fully saturated rings. The van der Waals surface area contributed by atoms with Crippen LogP contribution in [0.2, 0.25) is 0 Å². The maximum atomic E-state index is 11.9. The number of nitrogens with zero attached hydrogens (tertiary/aromatic N) is 1. The lowest BCUT2D eigenvalue weighted by Crippen LogP contribution is -2.24. The zero-order chi connectivity index (χ0) is 12.3. The summed E-state index contributed by atoms with van der Waals surface area (Å²) in [6.45, 7) is 0.246. The topological polar surface area (TPSA) is 85.1 Å². The summed E-state index contributed by atoms with van der Waals surface area (Å²) < 4.78 is 26.3. The predicted molar refractivity (Wildman–Crippen MR) is 67.0 cm³/mol. The van der Waals surface area contributed by atoms with Crippen LogP contribution >= 0.6 is 11.3 Å². The number of pyridine rings is 1. The van der Waals surface area contributed by atoms with Crippen LogP contribution in [0.15, 0.2) is 40.9 Å². The molecule has 0 saturated carbocycles. The monoisotopic (exact) mass is 269 g/mol. The van der Waals surface area contributed by atoms with E-state index in [0.29, 0.717) is 0 Å². The van der Waals surface area contributed by atoms with Crippen molar-refractivity contribution in [3.8, 4) is 0 Å². The molecule has 0 aliphatic heterocycles. The first-order valence-electron chi connectivity index (χ1n) is 4.82. The quantitative estimate of drug-likeness (QED) is 0.873. The highest BCUT2D eigenvalue weighted by Gasteiger charge is 2.18. The lowest BCUT2D eigenvalue weighted by Gasteiger charge is -2.06. The number of anilines is 1. The molecule has 2 aromatic heterocycles. The number of aromatic nitrogens is 1. The molecular weight excluding hydrogens is 258 g/mol. The Hall–Kier alpha value is -1.44. The Bertz CT molecular complexity index is 594. The number of rotatable bonds is 4. The van der Waals surface area contributed by atoms with Gasteiger partial charge in [-0.15, -0.1) is 11.3 Å². The molecule has 0 spiro atoms. The maximum absolute atomic E-state index is 11.9. The van der Waals surface area contributed by atoms with Gasteiger partial charge in [0, 0.05) is 17.6 Å². The zero-order valence-corrected chi connectivity index (χ0v) is 10.5. The Labute approximate surface area is 103 Å². The van der Waals surface area contributed by atoms with Crippen molar-refractivity contribution in [2.75, 3.05) is 5.73 Å². The highest BCUT2D eigenvalue weighted by Crippen LogP contribution is 2.15. The molecule has 0 amide bonds. The van der Waals surface area contributed by atoms with Crippen LogP contribution in [0, 0.1) is 0 Å². The third-order valence-corrected chi connectivity index (χ3v) is 4.32. The molecule has 0 bridgehead atoms. The predicted octanol–water partition coefficient (Wildman–Crippen LogP) is 1.20. The summed E-state index contributed by atoms with van der Waals surface area (Å²) in [6.07, 6.45) is 1.40. The maximum Gasteiger partial charge on any atom is 0.260 e. The standard InChI is InChI=1S/C10H11N3O2S2/c11-9-4-1-5-12-10(9)17(14,15)13-7-8-3-2-6-16-8/h1-6,13H,7,11H2. The van der Waals surface area contributed by atoms with E-state index >= 15 is 0 Å². The van der Waals surface area contributed by atoms with E-state index in [1.807, 2.05) is 17.5 Å².